The van der Waals surface area contributed by atoms with Gasteiger partial charge in [0.25, 0.3) is 0 Å². The predicted octanol–water partition coefficient (Wildman–Crippen LogP) is 3.85. The van der Waals surface area contributed by atoms with Gasteiger partial charge in [-0.05, 0) is 51.7 Å². The fraction of sp³-hybridized carbons (Fsp3) is 0.154. The first-order chi connectivity index (χ1) is 8.11. The van der Waals surface area contributed by atoms with Crippen molar-refractivity contribution < 1.29 is 0 Å². The Morgan fingerprint density at radius 2 is 2.06 bits per heavy atom. The number of benzene rings is 1. The van der Waals surface area contributed by atoms with Crippen LogP contribution in [-0.2, 0) is 0 Å². The van der Waals surface area contributed by atoms with Crippen LogP contribution in [0.3, 0.4) is 0 Å². The predicted molar refractivity (Wildman–Crippen MR) is 74.2 cm³/mol. The highest BCUT2D eigenvalue weighted by Gasteiger charge is 2.15. The molecular weight excluding hydrogens is 300 g/mol. The Kier molecular flexibility index (Phi) is 3.82. The lowest BCUT2D eigenvalue weighted by Crippen LogP contribution is -2.14. The molecule has 2 nitrogen and oxygen atoms in total. The van der Waals surface area contributed by atoms with Crippen LogP contribution in [0.15, 0.2) is 41.1 Å². The van der Waals surface area contributed by atoms with E-state index < -0.39 is 0 Å². The normalized spacial score (nSPS) is 12.5. The van der Waals surface area contributed by atoms with Crippen molar-refractivity contribution in [1.29, 1.82) is 0 Å². The molecule has 0 radical (unpaired) electrons. The van der Waals surface area contributed by atoms with E-state index in [1.807, 2.05) is 31.2 Å². The molecule has 0 aliphatic heterocycles. The molecule has 0 saturated heterocycles. The van der Waals surface area contributed by atoms with Crippen LogP contribution in [0.1, 0.15) is 22.7 Å². The van der Waals surface area contributed by atoms with Crippen molar-refractivity contribution in [3.8, 4) is 0 Å². The Morgan fingerprint density at radius 1 is 1.29 bits per heavy atom. The summed E-state index contributed by atoms with van der Waals surface area (Å²) < 4.78 is 0.855. The molecule has 17 heavy (non-hydrogen) atoms. The Labute approximate surface area is 114 Å². The second-order valence-electron chi connectivity index (χ2n) is 3.85. The van der Waals surface area contributed by atoms with Gasteiger partial charge in [-0.2, -0.15) is 0 Å². The van der Waals surface area contributed by atoms with E-state index in [0.717, 1.165) is 21.2 Å². The van der Waals surface area contributed by atoms with Crippen LogP contribution in [0.5, 0.6) is 0 Å². The van der Waals surface area contributed by atoms with E-state index in [2.05, 4.69) is 20.9 Å². The summed E-state index contributed by atoms with van der Waals surface area (Å²) in [5, 5.41) is 0.656. The van der Waals surface area contributed by atoms with Crippen LogP contribution in [0.2, 0.25) is 5.02 Å². The van der Waals surface area contributed by atoms with Crippen LogP contribution < -0.4 is 5.73 Å². The lowest BCUT2D eigenvalue weighted by atomic mass is 9.98. The number of nitrogens with zero attached hydrogens (tertiary/aromatic N) is 1. The summed E-state index contributed by atoms with van der Waals surface area (Å²) in [5.74, 6) is 0. The minimum absolute atomic E-state index is 0.256. The van der Waals surface area contributed by atoms with E-state index >= 15 is 0 Å². The Balaban J connectivity index is 2.48. The van der Waals surface area contributed by atoms with Gasteiger partial charge >= 0.3 is 0 Å². The average molecular weight is 312 g/mol. The number of pyridine rings is 1. The molecule has 0 aliphatic rings. The maximum absolute atomic E-state index is 6.24. The van der Waals surface area contributed by atoms with E-state index in [9.17, 15) is 0 Å². The molecule has 0 saturated carbocycles. The molecule has 1 aromatic heterocycles. The maximum Gasteiger partial charge on any atom is 0.0599 e. The molecule has 1 aromatic carbocycles. The summed E-state index contributed by atoms with van der Waals surface area (Å²) in [7, 11) is 0. The Bertz CT molecular complexity index is 543. The van der Waals surface area contributed by atoms with Crippen molar-refractivity contribution in [1.82, 2.24) is 4.98 Å². The molecule has 0 amide bonds. The second-order valence-corrected chi connectivity index (χ2v) is 5.09. The number of hydrogen-bond donors (Lipinski definition) is 1. The number of aromatic nitrogens is 1. The quantitative estimate of drug-likeness (QED) is 0.915. The zero-order valence-electron chi connectivity index (χ0n) is 9.32. The molecule has 2 N–H and O–H groups in total. The van der Waals surface area contributed by atoms with Crippen LogP contribution in [-0.4, -0.2) is 4.98 Å². The monoisotopic (exact) mass is 310 g/mol. The summed E-state index contributed by atoms with van der Waals surface area (Å²) in [4.78, 5) is 4.11. The first-order valence-corrected chi connectivity index (χ1v) is 6.38. The molecule has 1 atom stereocenters. The van der Waals surface area contributed by atoms with Gasteiger partial charge in [-0.15, -0.1) is 0 Å². The average Bonchev–Trinajstić information content (AvgIpc) is 2.32. The number of hydrogen-bond acceptors (Lipinski definition) is 2. The standard InChI is InChI=1S/C13H12BrClN2/c1-8-5-6-17-7-10(8)13(16)9-3-2-4-11(14)12(9)15/h2-7,13H,16H2,1H3. The fourth-order valence-corrected chi connectivity index (χ4v) is 2.36. The molecule has 0 aliphatic carbocycles. The smallest absolute Gasteiger partial charge is 0.0599 e. The van der Waals surface area contributed by atoms with Crippen molar-refractivity contribution in [3.05, 3.63) is 62.8 Å². The maximum atomic E-state index is 6.24. The lowest BCUT2D eigenvalue weighted by molar-refractivity contribution is 0.852. The number of nitrogens with two attached hydrogens (primary N) is 1. The van der Waals surface area contributed by atoms with E-state index in [0.29, 0.717) is 5.02 Å². The SMILES string of the molecule is Cc1ccncc1C(N)c1cccc(Br)c1Cl. The van der Waals surface area contributed by atoms with Crippen molar-refractivity contribution >= 4 is 27.5 Å². The molecular formula is C13H12BrClN2. The Morgan fingerprint density at radius 3 is 2.76 bits per heavy atom. The van der Waals surface area contributed by atoms with Gasteiger partial charge in [0, 0.05) is 16.9 Å². The van der Waals surface area contributed by atoms with Crippen molar-refractivity contribution in [2.75, 3.05) is 0 Å². The number of rotatable bonds is 2. The number of aryl methyl sites for hydroxylation is 1. The zero-order valence-corrected chi connectivity index (χ0v) is 11.7. The molecule has 1 unspecified atom stereocenters. The summed E-state index contributed by atoms with van der Waals surface area (Å²) in [6.07, 6.45) is 3.55. The highest BCUT2D eigenvalue weighted by atomic mass is 79.9. The second kappa shape index (κ2) is 5.17. The summed E-state index contributed by atoms with van der Waals surface area (Å²) in [6.45, 7) is 2.02. The molecule has 1 heterocycles. The van der Waals surface area contributed by atoms with Crippen LogP contribution >= 0.6 is 27.5 Å². The fourth-order valence-electron chi connectivity index (χ4n) is 1.73. The third-order valence-electron chi connectivity index (χ3n) is 2.73. The molecule has 0 fully saturated rings. The van der Waals surface area contributed by atoms with Crippen molar-refractivity contribution in [3.63, 3.8) is 0 Å². The largest absolute Gasteiger partial charge is 0.320 e. The zero-order chi connectivity index (χ0) is 12.4. The van der Waals surface area contributed by atoms with E-state index in [4.69, 9.17) is 17.3 Å². The molecule has 2 aromatic rings. The summed E-state index contributed by atoms with van der Waals surface area (Å²) in [5.41, 5.74) is 9.25. The molecule has 0 spiro atoms. The van der Waals surface area contributed by atoms with Gasteiger partial charge < -0.3 is 5.73 Å². The van der Waals surface area contributed by atoms with E-state index in [1.165, 1.54) is 0 Å². The molecule has 0 bridgehead atoms. The van der Waals surface area contributed by atoms with Crippen LogP contribution in [0.4, 0.5) is 0 Å². The first-order valence-electron chi connectivity index (χ1n) is 5.21. The van der Waals surface area contributed by atoms with E-state index in [-0.39, 0.29) is 6.04 Å². The van der Waals surface area contributed by atoms with Crippen molar-refractivity contribution in [2.24, 2.45) is 5.73 Å². The summed E-state index contributed by atoms with van der Waals surface area (Å²) in [6, 6.07) is 7.45. The van der Waals surface area contributed by atoms with E-state index in [1.54, 1.807) is 12.4 Å². The van der Waals surface area contributed by atoms with Crippen LogP contribution in [0.25, 0.3) is 0 Å². The highest BCUT2D eigenvalue weighted by molar-refractivity contribution is 9.10. The van der Waals surface area contributed by atoms with Gasteiger partial charge in [0.05, 0.1) is 11.1 Å². The summed E-state index contributed by atoms with van der Waals surface area (Å²) >= 11 is 9.65. The third kappa shape index (κ3) is 2.51. The molecule has 88 valence electrons. The lowest BCUT2D eigenvalue weighted by Gasteiger charge is -2.16. The topological polar surface area (TPSA) is 38.9 Å². The third-order valence-corrected chi connectivity index (χ3v) is 4.04. The van der Waals surface area contributed by atoms with Crippen LogP contribution in [0, 0.1) is 6.92 Å². The number of halogens is 2. The first kappa shape index (κ1) is 12.6. The van der Waals surface area contributed by atoms with Gasteiger partial charge in [0.15, 0.2) is 0 Å². The van der Waals surface area contributed by atoms with Gasteiger partial charge in [-0.25, -0.2) is 0 Å². The minimum atomic E-state index is -0.256. The van der Waals surface area contributed by atoms with Gasteiger partial charge in [0.1, 0.15) is 0 Å². The van der Waals surface area contributed by atoms with Gasteiger partial charge in [-0.1, -0.05) is 23.7 Å². The Hall–Kier alpha value is -0.900. The highest BCUT2D eigenvalue weighted by Crippen LogP contribution is 2.32. The minimum Gasteiger partial charge on any atom is -0.320 e. The van der Waals surface area contributed by atoms with Gasteiger partial charge in [-0.3, -0.25) is 4.98 Å². The van der Waals surface area contributed by atoms with Gasteiger partial charge in [0.2, 0.25) is 0 Å². The molecule has 2 rings (SSSR count). The van der Waals surface area contributed by atoms with Crippen molar-refractivity contribution in [2.45, 2.75) is 13.0 Å². The molecule has 4 heteroatoms.